The molecule has 1 heterocycles. The van der Waals surface area contributed by atoms with Gasteiger partial charge >= 0.3 is 0 Å². The molecule has 0 amide bonds. The molecule has 0 saturated heterocycles. The Morgan fingerprint density at radius 2 is 0.911 bits per heavy atom. The van der Waals surface area contributed by atoms with Crippen LogP contribution in [0.3, 0.4) is 0 Å². The van der Waals surface area contributed by atoms with Crippen LogP contribution in [0.15, 0.2) is 198 Å². The highest BCUT2D eigenvalue weighted by Crippen LogP contribution is 2.62. The Hall–Kier alpha value is -6.35. The average Bonchev–Trinajstić information content (AvgIpc) is 3.47. The minimum Gasteiger partial charge on any atom is -0.310 e. The van der Waals surface area contributed by atoms with E-state index in [9.17, 15) is 0 Å². The molecule has 3 aliphatic rings. The van der Waals surface area contributed by atoms with Crippen LogP contribution in [0.1, 0.15) is 47.2 Å². The number of nitrogens with zero attached hydrogens (tertiary/aromatic N) is 1. The van der Waals surface area contributed by atoms with Crippen LogP contribution in [-0.4, -0.2) is 0 Å². The molecule has 2 heteroatoms. The first kappa shape index (κ1) is 31.9. The molecule has 56 heavy (non-hydrogen) atoms. The molecule has 1 spiro atoms. The summed E-state index contributed by atoms with van der Waals surface area (Å²) < 4.78 is 0. The Morgan fingerprint density at radius 1 is 0.357 bits per heavy atom. The van der Waals surface area contributed by atoms with Crippen molar-refractivity contribution >= 4 is 50.4 Å². The van der Waals surface area contributed by atoms with E-state index in [-0.39, 0.29) is 5.41 Å². The molecule has 1 aliphatic heterocycles. The molecule has 0 bridgehead atoms. The lowest BCUT2D eigenvalue weighted by Gasteiger charge is -2.46. The fourth-order valence-electron chi connectivity index (χ4n) is 10.4. The van der Waals surface area contributed by atoms with Gasteiger partial charge in [-0.3, -0.25) is 0 Å². The molecule has 0 aromatic heterocycles. The molecule has 2 aliphatic carbocycles. The van der Waals surface area contributed by atoms with Gasteiger partial charge in [0.15, 0.2) is 0 Å². The zero-order valence-corrected chi connectivity index (χ0v) is 32.1. The quantitative estimate of drug-likeness (QED) is 0.178. The first-order chi connectivity index (χ1) is 27.5. The smallest absolute Gasteiger partial charge is 0.0735 e. The summed E-state index contributed by atoms with van der Waals surface area (Å²) in [5.74, 6) is 0. The molecule has 1 unspecified atom stereocenters. The second-order valence-corrected chi connectivity index (χ2v) is 17.1. The molecule has 0 N–H and O–H groups in total. The van der Waals surface area contributed by atoms with Gasteiger partial charge in [0.05, 0.1) is 5.41 Å². The zero-order valence-electron chi connectivity index (χ0n) is 31.3. The van der Waals surface area contributed by atoms with Crippen molar-refractivity contribution in [3.05, 3.63) is 221 Å². The summed E-state index contributed by atoms with van der Waals surface area (Å²) in [6.45, 7) is 4.74. The molecular weight excluding hydrogens is 695 g/mol. The largest absolute Gasteiger partial charge is 0.310 e. The second kappa shape index (κ2) is 11.6. The van der Waals surface area contributed by atoms with E-state index in [4.69, 9.17) is 0 Å². The van der Waals surface area contributed by atoms with Gasteiger partial charge in [0.1, 0.15) is 0 Å². The number of hydrogen-bond acceptors (Lipinski definition) is 2. The summed E-state index contributed by atoms with van der Waals surface area (Å²) in [7, 11) is 0. The second-order valence-electron chi connectivity index (χ2n) is 16.1. The molecular formula is C54H37NS. The summed E-state index contributed by atoms with van der Waals surface area (Å²) in [5.41, 5.74) is 16.3. The van der Waals surface area contributed by atoms with Gasteiger partial charge in [0.2, 0.25) is 0 Å². The van der Waals surface area contributed by atoms with Crippen LogP contribution < -0.4 is 4.90 Å². The van der Waals surface area contributed by atoms with Gasteiger partial charge in [0, 0.05) is 32.3 Å². The van der Waals surface area contributed by atoms with Gasteiger partial charge in [0.25, 0.3) is 0 Å². The van der Waals surface area contributed by atoms with Crippen molar-refractivity contribution in [2.45, 2.75) is 34.5 Å². The predicted octanol–water partition coefficient (Wildman–Crippen LogP) is 14.6. The van der Waals surface area contributed by atoms with Crippen LogP contribution in [-0.2, 0) is 10.8 Å². The monoisotopic (exact) mass is 731 g/mol. The highest BCUT2D eigenvalue weighted by molar-refractivity contribution is 7.99. The number of anilines is 3. The maximum absolute atomic E-state index is 2.48. The molecule has 0 radical (unpaired) electrons. The number of fused-ring (bicyclic) bond motifs is 12. The average molecular weight is 732 g/mol. The third-order valence-corrected chi connectivity index (χ3v) is 14.0. The lowest BCUT2D eigenvalue weighted by atomic mass is 9.59. The van der Waals surface area contributed by atoms with Crippen molar-refractivity contribution in [2.24, 2.45) is 0 Å². The van der Waals surface area contributed by atoms with Crippen molar-refractivity contribution in [3.8, 4) is 22.3 Å². The van der Waals surface area contributed by atoms with Crippen LogP contribution in [0.2, 0.25) is 0 Å². The number of rotatable bonds is 3. The number of benzene rings is 9. The lowest BCUT2D eigenvalue weighted by Crippen LogP contribution is -2.36. The van der Waals surface area contributed by atoms with E-state index in [2.05, 4.69) is 207 Å². The third-order valence-electron chi connectivity index (χ3n) is 12.9. The van der Waals surface area contributed by atoms with E-state index in [0.717, 1.165) is 17.1 Å². The normalized spacial score (nSPS) is 16.5. The molecule has 0 saturated carbocycles. The van der Waals surface area contributed by atoms with Gasteiger partial charge in [-0.25, -0.2) is 0 Å². The van der Waals surface area contributed by atoms with E-state index in [1.54, 1.807) is 0 Å². The van der Waals surface area contributed by atoms with Crippen molar-refractivity contribution < 1.29 is 0 Å². The lowest BCUT2D eigenvalue weighted by molar-refractivity contribution is 0.660. The van der Waals surface area contributed by atoms with Crippen LogP contribution >= 0.6 is 11.8 Å². The Bertz CT molecular complexity index is 3110. The van der Waals surface area contributed by atoms with Gasteiger partial charge in [-0.15, -0.1) is 0 Å². The molecule has 9 aromatic rings. The Labute approximate surface area is 331 Å². The highest BCUT2D eigenvalue weighted by Gasteiger charge is 2.48. The van der Waals surface area contributed by atoms with Crippen molar-refractivity contribution in [3.63, 3.8) is 0 Å². The molecule has 0 fully saturated rings. The molecule has 1 nitrogen and oxygen atoms in total. The van der Waals surface area contributed by atoms with E-state index < -0.39 is 5.41 Å². The van der Waals surface area contributed by atoms with Gasteiger partial charge < -0.3 is 4.90 Å². The molecule has 12 rings (SSSR count). The van der Waals surface area contributed by atoms with Crippen LogP contribution in [0.25, 0.3) is 43.8 Å². The van der Waals surface area contributed by atoms with Crippen molar-refractivity contribution in [1.29, 1.82) is 0 Å². The molecule has 264 valence electrons. The first-order valence-electron chi connectivity index (χ1n) is 19.6. The summed E-state index contributed by atoms with van der Waals surface area (Å²) in [4.78, 5) is 5.06. The summed E-state index contributed by atoms with van der Waals surface area (Å²) >= 11 is 1.90. The van der Waals surface area contributed by atoms with Gasteiger partial charge in [-0.05, 0) is 120 Å². The molecule has 1 atom stereocenters. The van der Waals surface area contributed by atoms with E-state index in [0.29, 0.717) is 0 Å². The van der Waals surface area contributed by atoms with Crippen LogP contribution in [0.4, 0.5) is 17.1 Å². The topological polar surface area (TPSA) is 3.24 Å². The third kappa shape index (κ3) is 4.23. The summed E-state index contributed by atoms with van der Waals surface area (Å²) in [6.07, 6.45) is 0. The van der Waals surface area contributed by atoms with Gasteiger partial charge in [-0.2, -0.15) is 0 Å². The zero-order chi connectivity index (χ0) is 37.2. The molecule has 9 aromatic carbocycles. The van der Waals surface area contributed by atoms with E-state index >= 15 is 0 Å². The van der Waals surface area contributed by atoms with Crippen molar-refractivity contribution in [1.82, 2.24) is 0 Å². The fourth-order valence-corrected chi connectivity index (χ4v) is 11.6. The maximum Gasteiger partial charge on any atom is 0.0735 e. The Morgan fingerprint density at radius 3 is 1.77 bits per heavy atom. The predicted molar refractivity (Wildman–Crippen MR) is 235 cm³/mol. The minimum absolute atomic E-state index is 0.107. The Kier molecular flexibility index (Phi) is 6.61. The SMILES string of the molecule is CC1(C)c2ccccc2-c2ccc(N(c3ccc4c(c3)Sc3ccccc3C43c4ccccc4-c4cccc5cccc3c45)c3ccc4ccccc4c3)cc21. The fraction of sp³-hybridized carbons (Fsp3) is 0.0741. The Balaban J connectivity index is 1.12. The summed E-state index contributed by atoms with van der Waals surface area (Å²) in [6, 6.07) is 70.8. The minimum atomic E-state index is -0.475. The highest BCUT2D eigenvalue weighted by atomic mass is 32.2. The maximum atomic E-state index is 2.48. The van der Waals surface area contributed by atoms with Crippen LogP contribution in [0.5, 0.6) is 0 Å². The standard InChI is InChI=1S/C54H37NS/c1-53(2)44-20-7-5-17-40(44)42-29-27-38(32-49(42)53)55(37-26-25-34-13-3-4-14-36(34)31-37)39-28-30-47-51(33-39)56-50-24-10-9-22-46(50)54(47)45-21-8-6-18-41(45)43-19-11-15-35-16-12-23-48(54)52(35)43/h3-33H,1-2H3. The van der Waals surface area contributed by atoms with Crippen molar-refractivity contribution in [2.75, 3.05) is 4.90 Å². The van der Waals surface area contributed by atoms with E-state index in [1.807, 2.05) is 11.8 Å². The van der Waals surface area contributed by atoms with Gasteiger partial charge in [-0.1, -0.05) is 171 Å². The van der Waals surface area contributed by atoms with Crippen LogP contribution in [0, 0.1) is 0 Å². The summed E-state index contributed by atoms with van der Waals surface area (Å²) in [5, 5.41) is 5.11. The van der Waals surface area contributed by atoms with E-state index in [1.165, 1.54) is 87.0 Å². The first-order valence-corrected chi connectivity index (χ1v) is 20.4. The number of hydrogen-bond donors (Lipinski definition) is 0.